The molecule has 3 fully saturated rings. The molecule has 2 amide bonds. The van der Waals surface area contributed by atoms with Crippen LogP contribution in [0.25, 0.3) is 0 Å². The molecule has 3 aliphatic rings. The first-order valence-corrected chi connectivity index (χ1v) is 14.7. The molecule has 8 nitrogen and oxygen atoms in total. The molecular formula is C27H30N4O4S3. The van der Waals surface area contributed by atoms with Crippen LogP contribution in [0, 0.1) is 0 Å². The summed E-state index contributed by atoms with van der Waals surface area (Å²) in [7, 11) is 0. The van der Waals surface area contributed by atoms with Crippen molar-refractivity contribution >= 4 is 57.8 Å². The summed E-state index contributed by atoms with van der Waals surface area (Å²) in [6.07, 6.45) is 0.837. The molecule has 2 N–H and O–H groups in total. The smallest absolute Gasteiger partial charge is 0.327 e. The molecule has 0 bridgehead atoms. The Labute approximate surface area is 236 Å². The number of carbonyl (C=O) groups excluding carboxylic acids is 2. The number of amides is 2. The Kier molecular flexibility index (Phi) is 7.72. The molecule has 3 aliphatic heterocycles. The second-order valence-electron chi connectivity index (χ2n) is 10.2. The van der Waals surface area contributed by atoms with Crippen molar-refractivity contribution < 1.29 is 19.5 Å². The lowest BCUT2D eigenvalue weighted by molar-refractivity contribution is -0.161. The minimum Gasteiger partial charge on any atom is -0.480 e. The molecule has 3 heterocycles. The number of nitrogens with zero attached hydrogens (tertiary/aromatic N) is 3. The van der Waals surface area contributed by atoms with Crippen LogP contribution in [0.5, 0.6) is 0 Å². The summed E-state index contributed by atoms with van der Waals surface area (Å²) in [5.74, 6) is -1.10. The average molecular weight is 571 g/mol. The maximum Gasteiger partial charge on any atom is 0.327 e. The molecule has 0 spiro atoms. The first-order valence-electron chi connectivity index (χ1n) is 12.4. The van der Waals surface area contributed by atoms with Crippen LogP contribution in [0.15, 0.2) is 60.7 Å². The van der Waals surface area contributed by atoms with E-state index in [4.69, 9.17) is 12.2 Å². The topological polar surface area (TPSA) is 93.2 Å². The lowest BCUT2D eigenvalue weighted by Gasteiger charge is -2.45. The zero-order valence-electron chi connectivity index (χ0n) is 21.1. The summed E-state index contributed by atoms with van der Waals surface area (Å²) >= 11 is 8.59. The van der Waals surface area contributed by atoms with E-state index in [9.17, 15) is 19.5 Å². The van der Waals surface area contributed by atoms with E-state index in [1.54, 1.807) is 0 Å². The second kappa shape index (κ2) is 10.9. The van der Waals surface area contributed by atoms with Crippen molar-refractivity contribution in [3.8, 4) is 0 Å². The summed E-state index contributed by atoms with van der Waals surface area (Å²) < 4.78 is 0.154. The second-order valence-corrected chi connectivity index (χ2v) is 13.5. The van der Waals surface area contributed by atoms with Gasteiger partial charge in [-0.3, -0.25) is 14.5 Å². The highest BCUT2D eigenvalue weighted by Crippen LogP contribution is 2.50. The Bertz CT molecular complexity index is 1230. The molecule has 0 aromatic heterocycles. The summed E-state index contributed by atoms with van der Waals surface area (Å²) in [4.78, 5) is 44.3. The average Bonchev–Trinajstić information content (AvgIpc) is 3.16. The van der Waals surface area contributed by atoms with Crippen LogP contribution in [0.3, 0.4) is 0 Å². The molecule has 38 heavy (non-hydrogen) atoms. The molecule has 2 unspecified atom stereocenters. The quantitative estimate of drug-likeness (QED) is 0.367. The van der Waals surface area contributed by atoms with Gasteiger partial charge in [0.15, 0.2) is 0 Å². The maximum absolute atomic E-state index is 13.8. The van der Waals surface area contributed by atoms with Gasteiger partial charge in [-0.15, -0.1) is 11.8 Å². The number of benzene rings is 2. The largest absolute Gasteiger partial charge is 0.480 e. The van der Waals surface area contributed by atoms with E-state index in [0.29, 0.717) is 12.5 Å². The Morgan fingerprint density at radius 2 is 1.79 bits per heavy atom. The zero-order chi connectivity index (χ0) is 27.0. The first-order chi connectivity index (χ1) is 18.2. The molecular weight excluding hydrogens is 541 g/mol. The van der Waals surface area contributed by atoms with Gasteiger partial charge in [0, 0.05) is 11.3 Å². The van der Waals surface area contributed by atoms with Gasteiger partial charge in [0.1, 0.15) is 27.8 Å². The molecule has 200 valence electrons. The lowest BCUT2D eigenvalue weighted by Crippen LogP contribution is -2.71. The summed E-state index contributed by atoms with van der Waals surface area (Å²) in [6.45, 7) is 4.87. The van der Waals surface area contributed by atoms with Crippen LogP contribution >= 0.6 is 35.7 Å². The predicted molar refractivity (Wildman–Crippen MR) is 153 cm³/mol. The number of nitrogens with one attached hydrogen (secondary N) is 1. The standard InChI is InChI=1S/C27H30N4O4S3/c1-27(2)21(25(34)35)31-23(33)19(24(31)38-27)28-22(32)20(18-11-7-4-8-12-18)30-15-29(26(36)37-16-30)14-13-17-9-5-3-6-10-17/h3-12,19-21,24H,13-16H2,1-2H3,(H,28,32)(H,34,35)/t19?,20?,21-,24+/m0/s1. The number of carboxylic acid groups (broad SMARTS) is 1. The first kappa shape index (κ1) is 27.0. The van der Waals surface area contributed by atoms with E-state index in [1.165, 1.54) is 34.0 Å². The maximum atomic E-state index is 13.8. The van der Waals surface area contributed by atoms with Crippen molar-refractivity contribution in [3.05, 3.63) is 71.8 Å². The molecule has 4 atom stereocenters. The fraction of sp³-hybridized carbons (Fsp3) is 0.407. The van der Waals surface area contributed by atoms with E-state index in [1.807, 2.05) is 62.4 Å². The van der Waals surface area contributed by atoms with Gasteiger partial charge in [0.2, 0.25) is 11.8 Å². The third kappa shape index (κ3) is 5.16. The van der Waals surface area contributed by atoms with Crippen LogP contribution in [-0.2, 0) is 20.8 Å². The number of thioether (sulfide) groups is 2. The number of fused-ring (bicyclic) bond motifs is 1. The summed E-state index contributed by atoms with van der Waals surface area (Å²) in [5.41, 5.74) is 2.05. The van der Waals surface area contributed by atoms with Crippen LogP contribution in [-0.4, -0.2) is 83.2 Å². The van der Waals surface area contributed by atoms with Crippen LogP contribution < -0.4 is 5.32 Å². The van der Waals surface area contributed by atoms with E-state index in [0.717, 1.165) is 22.8 Å². The van der Waals surface area contributed by atoms with Crippen molar-refractivity contribution in [2.24, 2.45) is 0 Å². The molecule has 3 saturated heterocycles. The molecule has 5 rings (SSSR count). The normalized spacial score (nSPS) is 25.5. The molecule has 0 radical (unpaired) electrons. The van der Waals surface area contributed by atoms with Gasteiger partial charge in [0.25, 0.3) is 0 Å². The number of hydrogen-bond acceptors (Lipinski definition) is 7. The van der Waals surface area contributed by atoms with Gasteiger partial charge in [0.05, 0.1) is 12.5 Å². The fourth-order valence-electron chi connectivity index (χ4n) is 5.32. The Morgan fingerprint density at radius 3 is 2.45 bits per heavy atom. The highest BCUT2D eigenvalue weighted by molar-refractivity contribution is 8.22. The van der Waals surface area contributed by atoms with Crippen molar-refractivity contribution in [3.63, 3.8) is 0 Å². The van der Waals surface area contributed by atoms with Crippen LogP contribution in [0.2, 0.25) is 0 Å². The van der Waals surface area contributed by atoms with Gasteiger partial charge < -0.3 is 20.2 Å². The van der Waals surface area contributed by atoms with E-state index >= 15 is 0 Å². The zero-order valence-corrected chi connectivity index (χ0v) is 23.6. The van der Waals surface area contributed by atoms with E-state index < -0.39 is 34.2 Å². The fourth-order valence-corrected chi connectivity index (χ4v) is 8.09. The predicted octanol–water partition coefficient (Wildman–Crippen LogP) is 3.15. The molecule has 2 aromatic rings. The van der Waals surface area contributed by atoms with Gasteiger partial charge in [-0.05, 0) is 31.4 Å². The molecule has 2 aromatic carbocycles. The minimum absolute atomic E-state index is 0.275. The third-order valence-electron chi connectivity index (χ3n) is 7.18. The number of carboxylic acids is 1. The number of hydrogen-bond donors (Lipinski definition) is 2. The summed E-state index contributed by atoms with van der Waals surface area (Å²) in [6, 6.07) is 17.5. The van der Waals surface area contributed by atoms with Crippen LogP contribution in [0.1, 0.15) is 31.0 Å². The number of carbonyl (C=O) groups is 3. The Balaban J connectivity index is 1.32. The highest BCUT2D eigenvalue weighted by atomic mass is 32.2. The monoisotopic (exact) mass is 570 g/mol. The SMILES string of the molecule is CC1(C)S[C@@H]2C(NC(=O)C(c3ccccc3)N3CSC(=S)N(CCc4ccccc4)C3)C(=O)N2[C@H]1C(=O)O. The molecule has 0 aliphatic carbocycles. The number of aliphatic carboxylic acids is 1. The molecule has 11 heteroatoms. The minimum atomic E-state index is -1.03. The highest BCUT2D eigenvalue weighted by Gasteiger charge is 2.64. The number of rotatable bonds is 8. The van der Waals surface area contributed by atoms with Crippen molar-refractivity contribution in [2.75, 3.05) is 19.1 Å². The Morgan fingerprint density at radius 1 is 1.13 bits per heavy atom. The number of β-lactam (4-membered cyclic amide) rings is 1. The van der Waals surface area contributed by atoms with Crippen molar-refractivity contribution in [1.82, 2.24) is 20.0 Å². The van der Waals surface area contributed by atoms with Crippen LogP contribution in [0.4, 0.5) is 0 Å². The van der Waals surface area contributed by atoms with E-state index in [2.05, 4.69) is 27.2 Å². The molecule has 0 saturated carbocycles. The van der Waals surface area contributed by atoms with Gasteiger partial charge in [-0.25, -0.2) is 4.79 Å². The third-order valence-corrected chi connectivity index (χ3v) is 10.3. The van der Waals surface area contributed by atoms with Gasteiger partial charge in [-0.1, -0.05) is 84.6 Å². The van der Waals surface area contributed by atoms with Gasteiger partial charge in [-0.2, -0.15) is 0 Å². The van der Waals surface area contributed by atoms with Crippen molar-refractivity contribution in [2.45, 2.75) is 48.5 Å². The van der Waals surface area contributed by atoms with Crippen molar-refractivity contribution in [1.29, 1.82) is 0 Å². The summed E-state index contributed by atoms with van der Waals surface area (Å²) in [5, 5.41) is 12.3. The van der Waals surface area contributed by atoms with Gasteiger partial charge >= 0.3 is 5.97 Å². The van der Waals surface area contributed by atoms with E-state index in [-0.39, 0.29) is 11.8 Å². The Hall–Kier alpha value is -2.60. The lowest BCUT2D eigenvalue weighted by atomic mass is 9.95. The number of thiocarbonyl (C=S) groups is 1.